The van der Waals surface area contributed by atoms with Crippen molar-refractivity contribution in [3.8, 4) is 39.1 Å². The van der Waals surface area contributed by atoms with E-state index in [4.69, 9.17) is 0 Å². The van der Waals surface area contributed by atoms with Crippen molar-refractivity contribution < 1.29 is 0 Å². The minimum atomic E-state index is -0.511. The van der Waals surface area contributed by atoms with Crippen LogP contribution in [0.2, 0.25) is 0 Å². The highest BCUT2D eigenvalue weighted by Crippen LogP contribution is 2.61. The largest absolute Gasteiger partial charge is 0.310 e. The van der Waals surface area contributed by atoms with Gasteiger partial charge in [-0.25, -0.2) is 0 Å². The topological polar surface area (TPSA) is 8.17 Å². The maximum Gasteiger partial charge on any atom is 0.0714 e. The average molecular weight is 843 g/mol. The summed E-state index contributed by atoms with van der Waals surface area (Å²) in [6, 6.07) is 90.1. The van der Waals surface area contributed by atoms with Crippen LogP contribution in [-0.2, 0) is 10.8 Å². The molecule has 0 atom stereocenters. The summed E-state index contributed by atoms with van der Waals surface area (Å²) in [5.74, 6) is 0. The summed E-state index contributed by atoms with van der Waals surface area (Å²) in [4.78, 5) is 2.54. The Morgan fingerprint density at radius 1 is 0.318 bits per heavy atom. The SMILES string of the molecule is CC1(C)c2cc(-c3ccc4c(c3)c3ccccc3n4-c3ccccc3)ccc2N(c2ccc(-c3ccccc3)cc2)c2cc3c(cc21)-c1ccccc1C3(c1ccccc1)c1ccccc1. The summed E-state index contributed by atoms with van der Waals surface area (Å²) in [7, 11) is 0. The van der Waals surface area contributed by atoms with E-state index in [0.29, 0.717) is 0 Å². The fourth-order valence-electron chi connectivity index (χ4n) is 11.6. The number of anilines is 3. The Balaban J connectivity index is 1.04. The molecule has 0 fully saturated rings. The van der Waals surface area contributed by atoms with Crippen LogP contribution in [0.3, 0.4) is 0 Å². The van der Waals surface area contributed by atoms with Crippen molar-refractivity contribution in [3.05, 3.63) is 276 Å². The van der Waals surface area contributed by atoms with Crippen LogP contribution in [0.15, 0.2) is 243 Å². The van der Waals surface area contributed by atoms with Gasteiger partial charge in [-0.05, 0) is 133 Å². The summed E-state index contributed by atoms with van der Waals surface area (Å²) in [5, 5.41) is 2.51. The van der Waals surface area contributed by atoms with E-state index in [-0.39, 0.29) is 5.41 Å². The smallest absolute Gasteiger partial charge is 0.0714 e. The molecule has 0 radical (unpaired) electrons. The van der Waals surface area contributed by atoms with Gasteiger partial charge in [-0.2, -0.15) is 0 Å². The number of nitrogens with zero attached hydrogens (tertiary/aromatic N) is 2. The Hall–Kier alpha value is -8.20. The van der Waals surface area contributed by atoms with E-state index in [9.17, 15) is 0 Å². The van der Waals surface area contributed by atoms with Gasteiger partial charge >= 0.3 is 0 Å². The first kappa shape index (κ1) is 38.3. The molecule has 13 rings (SSSR count). The lowest BCUT2D eigenvalue weighted by Crippen LogP contribution is -2.32. The molecule has 10 aromatic carbocycles. The van der Waals surface area contributed by atoms with Gasteiger partial charge in [-0.15, -0.1) is 0 Å². The lowest BCUT2D eigenvalue weighted by molar-refractivity contribution is 0.631. The number of rotatable bonds is 6. The zero-order chi connectivity index (χ0) is 44.0. The van der Waals surface area contributed by atoms with E-state index in [1.165, 1.54) is 106 Å². The van der Waals surface area contributed by atoms with Crippen LogP contribution < -0.4 is 4.90 Å². The maximum atomic E-state index is 2.55. The number of fused-ring (bicyclic) bond motifs is 8. The monoisotopic (exact) mass is 842 g/mol. The first-order chi connectivity index (χ1) is 32.5. The second-order valence-electron chi connectivity index (χ2n) is 18.5. The van der Waals surface area contributed by atoms with E-state index in [0.717, 1.165) is 5.69 Å². The Morgan fingerprint density at radius 3 is 1.59 bits per heavy atom. The lowest BCUT2D eigenvalue weighted by atomic mass is 9.66. The Bertz CT molecular complexity index is 3600. The van der Waals surface area contributed by atoms with Crippen LogP contribution in [-0.4, -0.2) is 4.57 Å². The molecule has 0 saturated heterocycles. The molecule has 0 unspecified atom stereocenters. The van der Waals surface area contributed by atoms with E-state index >= 15 is 0 Å². The van der Waals surface area contributed by atoms with Gasteiger partial charge in [0.2, 0.25) is 0 Å². The molecular weight excluding hydrogens is 797 g/mol. The predicted molar refractivity (Wildman–Crippen MR) is 276 cm³/mol. The Kier molecular flexibility index (Phi) is 8.51. The van der Waals surface area contributed by atoms with Crippen molar-refractivity contribution >= 4 is 38.9 Å². The van der Waals surface area contributed by atoms with Crippen molar-refractivity contribution in [2.24, 2.45) is 0 Å². The van der Waals surface area contributed by atoms with Gasteiger partial charge in [-0.3, -0.25) is 0 Å². The molecule has 1 aliphatic carbocycles. The van der Waals surface area contributed by atoms with Crippen LogP contribution in [0, 0.1) is 0 Å². The molecule has 0 amide bonds. The van der Waals surface area contributed by atoms with Crippen molar-refractivity contribution in [2.45, 2.75) is 24.7 Å². The lowest BCUT2D eigenvalue weighted by Gasteiger charge is -2.43. The quantitative estimate of drug-likeness (QED) is 0.162. The molecule has 0 spiro atoms. The first-order valence-electron chi connectivity index (χ1n) is 23.1. The molecule has 2 aliphatic rings. The minimum Gasteiger partial charge on any atom is -0.310 e. The second-order valence-corrected chi connectivity index (χ2v) is 18.5. The zero-order valence-electron chi connectivity index (χ0n) is 37.0. The third-order valence-electron chi connectivity index (χ3n) is 14.7. The fraction of sp³-hybridized carbons (Fsp3) is 0.0625. The molecule has 66 heavy (non-hydrogen) atoms. The van der Waals surface area contributed by atoms with Crippen LogP contribution in [0.25, 0.3) is 60.9 Å². The van der Waals surface area contributed by atoms with Crippen LogP contribution in [0.4, 0.5) is 17.1 Å². The van der Waals surface area contributed by atoms with E-state index in [1.54, 1.807) is 0 Å². The number of aromatic nitrogens is 1. The van der Waals surface area contributed by atoms with Gasteiger partial charge in [0.15, 0.2) is 0 Å². The number of benzene rings is 10. The molecular formula is C64H46N2. The first-order valence-corrected chi connectivity index (χ1v) is 23.1. The molecule has 1 aromatic heterocycles. The van der Waals surface area contributed by atoms with Gasteiger partial charge in [0, 0.05) is 27.6 Å². The van der Waals surface area contributed by atoms with Crippen LogP contribution in [0.1, 0.15) is 47.2 Å². The average Bonchev–Trinajstić information content (AvgIpc) is 3.87. The standard InChI is InChI=1S/C64H46N2/c1-63(2)57-40-46(45-33-37-60-54(39-45)52-28-16-18-30-59(52)65(60)49-25-13-6-14-26-49)34-38-61(57)66(50-35-31-44(32-36-50)43-19-7-3-8-20-43)62-42-56-53(41-58(62)63)51-27-15-17-29-55(51)64(56,47-21-9-4-10-22-47)48-23-11-5-12-24-48/h3-42H,1-2H3. The maximum absolute atomic E-state index is 2.55. The van der Waals surface area contributed by atoms with Crippen molar-refractivity contribution in [3.63, 3.8) is 0 Å². The molecule has 0 saturated carbocycles. The highest BCUT2D eigenvalue weighted by Gasteiger charge is 2.48. The third-order valence-corrected chi connectivity index (χ3v) is 14.7. The van der Waals surface area contributed by atoms with Crippen LogP contribution in [0.5, 0.6) is 0 Å². The number of hydrogen-bond donors (Lipinski definition) is 0. The Morgan fingerprint density at radius 2 is 0.864 bits per heavy atom. The van der Waals surface area contributed by atoms with E-state index in [1.807, 2.05) is 0 Å². The summed E-state index contributed by atoms with van der Waals surface area (Å²) in [6.45, 7) is 4.85. The molecule has 2 heteroatoms. The summed E-state index contributed by atoms with van der Waals surface area (Å²) in [6.07, 6.45) is 0. The molecule has 1 aliphatic heterocycles. The van der Waals surface area contributed by atoms with Crippen molar-refractivity contribution in [2.75, 3.05) is 4.90 Å². The van der Waals surface area contributed by atoms with Crippen molar-refractivity contribution in [1.82, 2.24) is 4.57 Å². The van der Waals surface area contributed by atoms with E-state index in [2.05, 4.69) is 266 Å². The summed E-state index contributed by atoms with van der Waals surface area (Å²) >= 11 is 0. The van der Waals surface area contributed by atoms with Gasteiger partial charge in [0.05, 0.1) is 27.8 Å². The van der Waals surface area contributed by atoms with Gasteiger partial charge in [-0.1, -0.05) is 190 Å². The number of para-hydroxylation sites is 2. The molecule has 2 heterocycles. The summed E-state index contributed by atoms with van der Waals surface area (Å²) in [5.41, 5.74) is 21.5. The predicted octanol–water partition coefficient (Wildman–Crippen LogP) is 16.6. The highest BCUT2D eigenvalue weighted by atomic mass is 15.2. The van der Waals surface area contributed by atoms with Crippen LogP contribution >= 0.6 is 0 Å². The normalized spacial score (nSPS) is 14.1. The summed E-state index contributed by atoms with van der Waals surface area (Å²) < 4.78 is 2.39. The van der Waals surface area contributed by atoms with Crippen molar-refractivity contribution in [1.29, 1.82) is 0 Å². The fourth-order valence-corrected chi connectivity index (χ4v) is 11.6. The minimum absolute atomic E-state index is 0.344. The third kappa shape index (κ3) is 5.55. The van der Waals surface area contributed by atoms with Gasteiger partial charge < -0.3 is 9.47 Å². The van der Waals surface area contributed by atoms with E-state index < -0.39 is 5.41 Å². The molecule has 0 bridgehead atoms. The zero-order valence-corrected chi connectivity index (χ0v) is 37.0. The molecule has 0 N–H and O–H groups in total. The highest BCUT2D eigenvalue weighted by molar-refractivity contribution is 6.10. The second kappa shape index (κ2) is 14.7. The Labute approximate surface area is 386 Å². The van der Waals surface area contributed by atoms with Gasteiger partial charge in [0.25, 0.3) is 0 Å². The molecule has 2 nitrogen and oxygen atoms in total. The number of hydrogen-bond acceptors (Lipinski definition) is 1. The molecule has 11 aromatic rings. The molecule has 312 valence electrons. The van der Waals surface area contributed by atoms with Gasteiger partial charge in [0.1, 0.15) is 0 Å².